The zero-order valence-electron chi connectivity index (χ0n) is 8.63. The van der Waals surface area contributed by atoms with Crippen molar-refractivity contribution in [2.24, 2.45) is 5.73 Å². The summed E-state index contributed by atoms with van der Waals surface area (Å²) in [6, 6.07) is 0.255. The molecule has 2 aromatic rings. The summed E-state index contributed by atoms with van der Waals surface area (Å²) in [5.74, 6) is 1.92. The monoisotopic (exact) mass is 220 g/mol. The SMILES string of the molecule is NC1CCC(c2nc(-c3ncn[nH]3)no2)C1. The van der Waals surface area contributed by atoms with Crippen LogP contribution in [0.5, 0.6) is 0 Å². The van der Waals surface area contributed by atoms with Gasteiger partial charge in [0.1, 0.15) is 6.33 Å². The number of rotatable bonds is 2. The molecule has 0 aliphatic heterocycles. The molecule has 2 atom stereocenters. The number of hydrogen-bond donors (Lipinski definition) is 2. The van der Waals surface area contributed by atoms with E-state index in [1.807, 2.05) is 0 Å². The highest BCUT2D eigenvalue weighted by Gasteiger charge is 2.28. The van der Waals surface area contributed by atoms with Gasteiger partial charge in [0.15, 0.2) is 5.82 Å². The quantitative estimate of drug-likeness (QED) is 0.760. The molecule has 1 aliphatic carbocycles. The van der Waals surface area contributed by atoms with Gasteiger partial charge in [0, 0.05) is 12.0 Å². The Kier molecular flexibility index (Phi) is 2.17. The van der Waals surface area contributed by atoms with Crippen LogP contribution in [-0.2, 0) is 0 Å². The van der Waals surface area contributed by atoms with Crippen LogP contribution in [0.3, 0.4) is 0 Å². The highest BCUT2D eigenvalue weighted by atomic mass is 16.5. The molecule has 1 aliphatic rings. The average Bonchev–Trinajstić information content (AvgIpc) is 2.97. The lowest BCUT2D eigenvalue weighted by Gasteiger charge is -2.01. The summed E-state index contributed by atoms with van der Waals surface area (Å²) in [5.41, 5.74) is 5.85. The molecule has 1 fully saturated rings. The van der Waals surface area contributed by atoms with Crippen molar-refractivity contribution in [3.8, 4) is 11.6 Å². The minimum Gasteiger partial charge on any atom is -0.339 e. The first kappa shape index (κ1) is 9.46. The Balaban J connectivity index is 1.83. The third kappa shape index (κ3) is 1.58. The van der Waals surface area contributed by atoms with Crippen LogP contribution in [0.25, 0.3) is 11.6 Å². The summed E-state index contributed by atoms with van der Waals surface area (Å²) in [5, 5.41) is 10.3. The van der Waals surface area contributed by atoms with Crippen molar-refractivity contribution in [3.05, 3.63) is 12.2 Å². The van der Waals surface area contributed by atoms with E-state index in [-0.39, 0.29) is 6.04 Å². The van der Waals surface area contributed by atoms with Gasteiger partial charge in [0.25, 0.3) is 0 Å². The summed E-state index contributed by atoms with van der Waals surface area (Å²) >= 11 is 0. The van der Waals surface area contributed by atoms with Gasteiger partial charge in [-0.15, -0.1) is 0 Å². The Morgan fingerprint density at radius 1 is 1.44 bits per heavy atom. The van der Waals surface area contributed by atoms with Crippen LogP contribution in [-0.4, -0.2) is 31.4 Å². The number of nitrogens with one attached hydrogen (secondary N) is 1. The summed E-state index contributed by atoms with van der Waals surface area (Å²) in [6.07, 6.45) is 4.36. The van der Waals surface area contributed by atoms with Crippen LogP contribution in [0.15, 0.2) is 10.9 Å². The zero-order valence-corrected chi connectivity index (χ0v) is 8.63. The van der Waals surface area contributed by atoms with Crippen LogP contribution in [0, 0.1) is 0 Å². The summed E-state index contributed by atoms with van der Waals surface area (Å²) in [6.45, 7) is 0. The lowest BCUT2D eigenvalue weighted by molar-refractivity contribution is 0.353. The second-order valence-corrected chi connectivity index (χ2v) is 4.06. The maximum Gasteiger partial charge on any atom is 0.239 e. The van der Waals surface area contributed by atoms with Crippen molar-refractivity contribution in [3.63, 3.8) is 0 Å². The maximum absolute atomic E-state index is 5.85. The molecule has 16 heavy (non-hydrogen) atoms. The zero-order chi connectivity index (χ0) is 11.0. The Bertz CT molecular complexity index is 464. The Morgan fingerprint density at radius 2 is 2.38 bits per heavy atom. The average molecular weight is 220 g/mol. The van der Waals surface area contributed by atoms with E-state index in [0.717, 1.165) is 19.3 Å². The molecule has 2 aromatic heterocycles. The van der Waals surface area contributed by atoms with E-state index in [0.29, 0.717) is 23.5 Å². The fourth-order valence-corrected chi connectivity index (χ4v) is 2.05. The fourth-order valence-electron chi connectivity index (χ4n) is 2.05. The third-order valence-corrected chi connectivity index (χ3v) is 2.89. The van der Waals surface area contributed by atoms with E-state index in [1.165, 1.54) is 6.33 Å². The van der Waals surface area contributed by atoms with E-state index in [1.54, 1.807) is 0 Å². The first-order chi connectivity index (χ1) is 7.83. The maximum atomic E-state index is 5.85. The molecular formula is C9H12N6O. The Hall–Kier alpha value is -1.76. The third-order valence-electron chi connectivity index (χ3n) is 2.89. The van der Waals surface area contributed by atoms with E-state index in [4.69, 9.17) is 10.3 Å². The van der Waals surface area contributed by atoms with Crippen molar-refractivity contribution in [2.75, 3.05) is 0 Å². The lowest BCUT2D eigenvalue weighted by Crippen LogP contribution is -2.14. The molecule has 2 unspecified atom stereocenters. The molecule has 0 spiro atoms. The van der Waals surface area contributed by atoms with Gasteiger partial charge in [-0.3, -0.25) is 5.10 Å². The molecular weight excluding hydrogens is 208 g/mol. The number of hydrogen-bond acceptors (Lipinski definition) is 6. The number of nitrogens with two attached hydrogens (primary N) is 1. The Morgan fingerprint density at radius 3 is 3.06 bits per heavy atom. The standard InChI is InChI=1S/C9H12N6O/c10-6-2-1-5(3-6)9-13-8(15-16-9)7-11-4-12-14-7/h4-6H,1-3,10H2,(H,11,12,14). The van der Waals surface area contributed by atoms with Gasteiger partial charge in [-0.2, -0.15) is 10.1 Å². The molecule has 3 N–H and O–H groups in total. The molecule has 0 aromatic carbocycles. The second kappa shape index (κ2) is 3.67. The highest BCUT2D eigenvalue weighted by molar-refractivity contribution is 5.39. The lowest BCUT2D eigenvalue weighted by atomic mass is 10.1. The second-order valence-electron chi connectivity index (χ2n) is 4.06. The van der Waals surface area contributed by atoms with E-state index in [2.05, 4.69) is 25.3 Å². The smallest absolute Gasteiger partial charge is 0.239 e. The number of H-pyrrole nitrogens is 1. The van der Waals surface area contributed by atoms with E-state index >= 15 is 0 Å². The van der Waals surface area contributed by atoms with Crippen LogP contribution in [0.4, 0.5) is 0 Å². The van der Waals surface area contributed by atoms with Crippen molar-refractivity contribution in [1.82, 2.24) is 25.3 Å². The van der Waals surface area contributed by atoms with Crippen LogP contribution in [0.2, 0.25) is 0 Å². The molecule has 0 bridgehead atoms. The summed E-state index contributed by atoms with van der Waals surface area (Å²) in [7, 11) is 0. The van der Waals surface area contributed by atoms with E-state index in [9.17, 15) is 0 Å². The first-order valence-corrected chi connectivity index (χ1v) is 5.28. The molecule has 2 heterocycles. The van der Waals surface area contributed by atoms with Gasteiger partial charge in [0.05, 0.1) is 0 Å². The molecule has 0 amide bonds. The molecule has 0 radical (unpaired) electrons. The summed E-state index contributed by atoms with van der Waals surface area (Å²) < 4.78 is 5.22. The molecule has 7 nitrogen and oxygen atoms in total. The highest BCUT2D eigenvalue weighted by Crippen LogP contribution is 2.32. The van der Waals surface area contributed by atoms with Crippen LogP contribution < -0.4 is 5.73 Å². The Labute approximate surface area is 91.4 Å². The van der Waals surface area contributed by atoms with Crippen molar-refractivity contribution in [1.29, 1.82) is 0 Å². The number of aromatic amines is 1. The van der Waals surface area contributed by atoms with Gasteiger partial charge in [0.2, 0.25) is 11.7 Å². The predicted molar refractivity (Wildman–Crippen MR) is 54.2 cm³/mol. The van der Waals surface area contributed by atoms with Gasteiger partial charge >= 0.3 is 0 Å². The number of nitrogens with zero attached hydrogens (tertiary/aromatic N) is 4. The molecule has 84 valence electrons. The molecule has 3 rings (SSSR count). The largest absolute Gasteiger partial charge is 0.339 e. The van der Waals surface area contributed by atoms with Crippen LogP contribution in [0.1, 0.15) is 31.1 Å². The van der Waals surface area contributed by atoms with Gasteiger partial charge in [-0.1, -0.05) is 5.16 Å². The minimum atomic E-state index is 0.255. The fraction of sp³-hybridized carbons (Fsp3) is 0.556. The normalized spacial score (nSPS) is 25.1. The van der Waals surface area contributed by atoms with Crippen LogP contribution >= 0.6 is 0 Å². The van der Waals surface area contributed by atoms with Gasteiger partial charge in [-0.25, -0.2) is 4.98 Å². The van der Waals surface area contributed by atoms with Crippen molar-refractivity contribution in [2.45, 2.75) is 31.2 Å². The summed E-state index contributed by atoms with van der Waals surface area (Å²) in [4.78, 5) is 8.27. The van der Waals surface area contributed by atoms with Gasteiger partial charge < -0.3 is 10.3 Å². The van der Waals surface area contributed by atoms with Crippen molar-refractivity contribution >= 4 is 0 Å². The van der Waals surface area contributed by atoms with Crippen molar-refractivity contribution < 1.29 is 4.52 Å². The van der Waals surface area contributed by atoms with E-state index < -0.39 is 0 Å². The predicted octanol–water partition coefficient (Wildman–Crippen LogP) is 0.449. The van der Waals surface area contributed by atoms with Gasteiger partial charge in [-0.05, 0) is 19.3 Å². The molecule has 0 saturated heterocycles. The molecule has 7 heteroatoms. The molecule has 1 saturated carbocycles. The topological polar surface area (TPSA) is 107 Å². The number of aromatic nitrogens is 5. The first-order valence-electron chi connectivity index (χ1n) is 5.28. The minimum absolute atomic E-state index is 0.255.